The van der Waals surface area contributed by atoms with Crippen LogP contribution in [-0.2, 0) is 6.54 Å². The molecule has 0 aliphatic carbocycles. The molecule has 8 heteroatoms. The molecule has 0 unspecified atom stereocenters. The lowest BCUT2D eigenvalue weighted by Crippen LogP contribution is -2.13. The van der Waals surface area contributed by atoms with Crippen LogP contribution >= 0.6 is 0 Å². The van der Waals surface area contributed by atoms with Crippen LogP contribution in [0.1, 0.15) is 15.9 Å². The van der Waals surface area contributed by atoms with E-state index in [2.05, 4.69) is 15.4 Å². The van der Waals surface area contributed by atoms with E-state index >= 15 is 0 Å². The molecule has 0 aliphatic rings. The fourth-order valence-corrected chi connectivity index (χ4v) is 2.21. The standard InChI is InChI=1S/C16H13N5O3/c1-11-7-8-13(9-14(11)21(23)24)15(22)10-20-18-16(17-19-20)12-5-3-2-4-6-12/h2-9H,10H2,1H3. The number of ketones is 1. The Labute approximate surface area is 136 Å². The summed E-state index contributed by atoms with van der Waals surface area (Å²) in [6.07, 6.45) is 0. The lowest BCUT2D eigenvalue weighted by atomic mass is 10.1. The molecule has 120 valence electrons. The quantitative estimate of drug-likeness (QED) is 0.406. The van der Waals surface area contributed by atoms with Gasteiger partial charge in [0.2, 0.25) is 5.82 Å². The number of tetrazole rings is 1. The molecule has 0 amide bonds. The lowest BCUT2D eigenvalue weighted by molar-refractivity contribution is -0.385. The van der Waals surface area contributed by atoms with Crippen molar-refractivity contribution in [3.8, 4) is 11.4 Å². The van der Waals surface area contributed by atoms with E-state index in [1.54, 1.807) is 19.1 Å². The summed E-state index contributed by atoms with van der Waals surface area (Å²) in [7, 11) is 0. The van der Waals surface area contributed by atoms with Crippen molar-refractivity contribution in [1.82, 2.24) is 20.2 Å². The molecule has 0 saturated carbocycles. The Kier molecular flexibility index (Phi) is 4.11. The van der Waals surface area contributed by atoms with Crippen molar-refractivity contribution in [3.63, 3.8) is 0 Å². The molecule has 0 bridgehead atoms. The number of hydrogen-bond donors (Lipinski definition) is 0. The molecule has 3 aromatic rings. The summed E-state index contributed by atoms with van der Waals surface area (Å²) >= 11 is 0. The topological polar surface area (TPSA) is 104 Å². The highest BCUT2D eigenvalue weighted by molar-refractivity contribution is 5.96. The molecule has 2 aromatic carbocycles. The van der Waals surface area contributed by atoms with Crippen molar-refractivity contribution in [2.75, 3.05) is 0 Å². The average Bonchev–Trinajstić information content (AvgIpc) is 3.04. The number of hydrogen-bond acceptors (Lipinski definition) is 6. The summed E-state index contributed by atoms with van der Waals surface area (Å²) < 4.78 is 0. The number of aromatic nitrogens is 4. The third-order valence-corrected chi connectivity index (χ3v) is 3.50. The summed E-state index contributed by atoms with van der Waals surface area (Å²) in [4.78, 5) is 23.9. The van der Waals surface area contributed by atoms with E-state index in [1.165, 1.54) is 10.9 Å². The van der Waals surface area contributed by atoms with Gasteiger partial charge in [-0.3, -0.25) is 14.9 Å². The number of Topliss-reactive ketones (excluding diaryl/α,β-unsaturated/α-hetero) is 1. The molecule has 3 rings (SSSR count). The highest BCUT2D eigenvalue weighted by Gasteiger charge is 2.16. The van der Waals surface area contributed by atoms with Gasteiger partial charge in [-0.15, -0.1) is 10.2 Å². The maximum atomic E-state index is 12.3. The zero-order valence-electron chi connectivity index (χ0n) is 12.8. The third-order valence-electron chi connectivity index (χ3n) is 3.50. The Morgan fingerprint density at radius 2 is 1.96 bits per heavy atom. The normalized spacial score (nSPS) is 10.5. The Balaban J connectivity index is 1.80. The number of carbonyl (C=O) groups is 1. The minimum Gasteiger partial charge on any atom is -0.292 e. The molecule has 1 aromatic heterocycles. The predicted octanol–water partition coefficient (Wildman–Crippen LogP) is 2.44. The second-order valence-electron chi connectivity index (χ2n) is 5.19. The number of carbonyl (C=O) groups excluding carboxylic acids is 1. The van der Waals surface area contributed by atoms with Gasteiger partial charge in [-0.1, -0.05) is 42.5 Å². The summed E-state index contributed by atoms with van der Waals surface area (Å²) in [5.74, 6) is 0.0911. The van der Waals surface area contributed by atoms with Crippen LogP contribution in [0.15, 0.2) is 48.5 Å². The zero-order chi connectivity index (χ0) is 17.1. The molecule has 0 aliphatic heterocycles. The van der Waals surface area contributed by atoms with Crippen LogP contribution in [0.5, 0.6) is 0 Å². The zero-order valence-corrected chi connectivity index (χ0v) is 12.8. The molecular weight excluding hydrogens is 310 g/mol. The number of nitro groups is 1. The Hall–Kier alpha value is -3.42. The van der Waals surface area contributed by atoms with Crippen molar-refractivity contribution in [1.29, 1.82) is 0 Å². The SMILES string of the molecule is Cc1ccc(C(=O)Cn2nnc(-c3ccccc3)n2)cc1[N+](=O)[O-]. The highest BCUT2D eigenvalue weighted by Crippen LogP contribution is 2.20. The smallest absolute Gasteiger partial charge is 0.273 e. The second kappa shape index (κ2) is 6.37. The fraction of sp³-hybridized carbons (Fsp3) is 0.125. The average molecular weight is 323 g/mol. The Morgan fingerprint density at radius 3 is 2.67 bits per heavy atom. The first-order valence-corrected chi connectivity index (χ1v) is 7.16. The van der Waals surface area contributed by atoms with Gasteiger partial charge in [-0.05, 0) is 12.1 Å². The minimum absolute atomic E-state index is 0.0858. The van der Waals surface area contributed by atoms with E-state index in [-0.39, 0.29) is 23.6 Å². The van der Waals surface area contributed by atoms with E-state index in [0.717, 1.165) is 5.56 Å². The van der Waals surface area contributed by atoms with Crippen molar-refractivity contribution >= 4 is 11.5 Å². The highest BCUT2D eigenvalue weighted by atomic mass is 16.6. The molecule has 0 saturated heterocycles. The molecular formula is C16H13N5O3. The molecule has 0 fully saturated rings. The van der Waals surface area contributed by atoms with Crippen LogP contribution in [0.2, 0.25) is 0 Å². The van der Waals surface area contributed by atoms with Crippen LogP contribution in [0.4, 0.5) is 5.69 Å². The maximum absolute atomic E-state index is 12.3. The van der Waals surface area contributed by atoms with Crippen LogP contribution in [0.25, 0.3) is 11.4 Å². The number of benzene rings is 2. The van der Waals surface area contributed by atoms with E-state index in [4.69, 9.17) is 0 Å². The van der Waals surface area contributed by atoms with Gasteiger partial charge in [0.05, 0.1) is 4.92 Å². The molecule has 24 heavy (non-hydrogen) atoms. The molecule has 8 nitrogen and oxygen atoms in total. The van der Waals surface area contributed by atoms with Gasteiger partial charge in [0, 0.05) is 22.8 Å². The number of nitro benzene ring substituents is 1. The molecule has 0 radical (unpaired) electrons. The van der Waals surface area contributed by atoms with E-state index in [1.807, 2.05) is 30.3 Å². The number of rotatable bonds is 5. The first-order chi connectivity index (χ1) is 11.5. The van der Waals surface area contributed by atoms with Crippen molar-refractivity contribution in [3.05, 3.63) is 69.8 Å². The fourth-order valence-electron chi connectivity index (χ4n) is 2.21. The summed E-state index contributed by atoms with van der Waals surface area (Å²) in [6.45, 7) is 1.48. The predicted molar refractivity (Wildman–Crippen MR) is 85.4 cm³/mol. The van der Waals surface area contributed by atoms with Crippen LogP contribution in [0.3, 0.4) is 0 Å². The Morgan fingerprint density at radius 1 is 1.21 bits per heavy atom. The second-order valence-corrected chi connectivity index (χ2v) is 5.19. The van der Waals surface area contributed by atoms with Gasteiger partial charge >= 0.3 is 0 Å². The minimum atomic E-state index is -0.507. The van der Waals surface area contributed by atoms with E-state index < -0.39 is 4.92 Å². The van der Waals surface area contributed by atoms with Gasteiger partial charge < -0.3 is 0 Å². The van der Waals surface area contributed by atoms with Gasteiger partial charge in [0.1, 0.15) is 6.54 Å². The van der Waals surface area contributed by atoms with Crippen LogP contribution in [0, 0.1) is 17.0 Å². The molecule has 0 atom stereocenters. The lowest BCUT2D eigenvalue weighted by Gasteiger charge is -2.02. The van der Waals surface area contributed by atoms with Gasteiger partial charge in [-0.25, -0.2) is 0 Å². The van der Waals surface area contributed by atoms with Gasteiger partial charge in [-0.2, -0.15) is 4.80 Å². The maximum Gasteiger partial charge on any atom is 0.273 e. The third kappa shape index (κ3) is 3.17. The molecule has 0 spiro atoms. The first kappa shape index (κ1) is 15.5. The van der Waals surface area contributed by atoms with Gasteiger partial charge in [0.25, 0.3) is 5.69 Å². The largest absolute Gasteiger partial charge is 0.292 e. The summed E-state index contributed by atoms with van der Waals surface area (Å²) in [6, 6.07) is 13.6. The summed E-state index contributed by atoms with van der Waals surface area (Å²) in [5.41, 5.74) is 1.45. The first-order valence-electron chi connectivity index (χ1n) is 7.16. The van der Waals surface area contributed by atoms with E-state index in [9.17, 15) is 14.9 Å². The van der Waals surface area contributed by atoms with Crippen molar-refractivity contribution in [2.24, 2.45) is 0 Å². The molecule has 0 N–H and O–H groups in total. The van der Waals surface area contributed by atoms with Crippen molar-refractivity contribution < 1.29 is 9.72 Å². The van der Waals surface area contributed by atoms with Crippen LogP contribution in [-0.4, -0.2) is 30.9 Å². The summed E-state index contributed by atoms with van der Waals surface area (Å²) in [5, 5.41) is 22.9. The Bertz CT molecular complexity index is 905. The monoisotopic (exact) mass is 323 g/mol. The number of nitrogens with zero attached hydrogens (tertiary/aromatic N) is 5. The van der Waals surface area contributed by atoms with Gasteiger partial charge in [0.15, 0.2) is 5.78 Å². The molecule has 1 heterocycles. The van der Waals surface area contributed by atoms with Crippen molar-refractivity contribution in [2.45, 2.75) is 13.5 Å². The number of aryl methyl sites for hydroxylation is 1. The van der Waals surface area contributed by atoms with E-state index in [0.29, 0.717) is 11.4 Å². The van der Waals surface area contributed by atoms with Crippen LogP contribution < -0.4 is 0 Å².